The number of carboxylic acid groups (broad SMARTS) is 1. The minimum atomic E-state index is -0.768. The van der Waals surface area contributed by atoms with E-state index in [1.807, 2.05) is 43.3 Å². The van der Waals surface area contributed by atoms with Gasteiger partial charge in [-0.1, -0.05) is 44.0 Å². The van der Waals surface area contributed by atoms with E-state index in [1.165, 1.54) is 0 Å². The summed E-state index contributed by atoms with van der Waals surface area (Å²) in [7, 11) is 0. The predicted octanol–water partition coefficient (Wildman–Crippen LogP) is 5.25. The molecule has 0 amide bonds. The molecular formula is C20H21Br2NO3. The number of ether oxygens (including phenoxy) is 1. The van der Waals surface area contributed by atoms with Crippen LogP contribution in [0.1, 0.15) is 36.9 Å². The largest absolute Gasteiger partial charge is 0.494 e. The fraction of sp³-hybridized carbons (Fsp3) is 0.350. The van der Waals surface area contributed by atoms with Gasteiger partial charge in [-0.15, -0.1) is 0 Å². The monoisotopic (exact) mass is 481 g/mol. The number of hydrogen-bond donors (Lipinski definition) is 1. The van der Waals surface area contributed by atoms with Crippen molar-refractivity contribution in [2.45, 2.75) is 31.8 Å². The molecule has 0 aromatic heterocycles. The molecule has 2 aromatic rings. The van der Waals surface area contributed by atoms with Crippen LogP contribution in [0.4, 0.5) is 0 Å². The minimum absolute atomic E-state index is 0.185. The Hall–Kier alpha value is -1.37. The maximum absolute atomic E-state index is 11.8. The molecule has 1 saturated heterocycles. The third kappa shape index (κ3) is 4.13. The lowest BCUT2D eigenvalue weighted by Gasteiger charge is -2.33. The van der Waals surface area contributed by atoms with Crippen LogP contribution in [0.2, 0.25) is 0 Å². The van der Waals surface area contributed by atoms with E-state index in [2.05, 4.69) is 42.8 Å². The number of halogens is 2. The van der Waals surface area contributed by atoms with Crippen molar-refractivity contribution in [2.24, 2.45) is 0 Å². The summed E-state index contributed by atoms with van der Waals surface area (Å²) in [5, 5.41) is 9.72. The molecule has 1 N–H and O–H groups in total. The Kier molecular flexibility index (Phi) is 6.37. The van der Waals surface area contributed by atoms with Crippen LogP contribution in [0.15, 0.2) is 51.4 Å². The number of likely N-dealkylation sites (tertiary alicyclic amines) is 1. The number of benzene rings is 2. The molecule has 26 heavy (non-hydrogen) atoms. The molecule has 2 unspecified atom stereocenters. The minimum Gasteiger partial charge on any atom is -0.494 e. The van der Waals surface area contributed by atoms with Crippen LogP contribution in [0.25, 0.3) is 0 Å². The normalized spacial score (nSPS) is 18.7. The standard InChI is InChI=1S/C20H21Br2NO3/c1-2-26-18-9-8-15(22)12-16(18)19(13-5-3-6-14(21)11-13)23-10-4-7-17(23)20(24)25/h3,5-6,8-9,11-12,17,19H,2,4,7,10H2,1H3,(H,24,25). The summed E-state index contributed by atoms with van der Waals surface area (Å²) in [5.74, 6) is 0.0205. The molecule has 2 aromatic carbocycles. The quantitative estimate of drug-likeness (QED) is 0.610. The third-order valence-electron chi connectivity index (χ3n) is 4.64. The first-order chi connectivity index (χ1) is 12.5. The molecule has 1 aliphatic heterocycles. The molecule has 0 saturated carbocycles. The lowest BCUT2D eigenvalue weighted by molar-refractivity contribution is -0.142. The third-order valence-corrected chi connectivity index (χ3v) is 5.63. The van der Waals surface area contributed by atoms with Crippen molar-refractivity contribution in [3.63, 3.8) is 0 Å². The van der Waals surface area contributed by atoms with Gasteiger partial charge in [0.15, 0.2) is 0 Å². The Bertz CT molecular complexity index is 796. The summed E-state index contributed by atoms with van der Waals surface area (Å²) in [6.07, 6.45) is 1.54. The average molecular weight is 483 g/mol. The van der Waals surface area contributed by atoms with E-state index in [0.29, 0.717) is 13.0 Å². The van der Waals surface area contributed by atoms with Gasteiger partial charge in [0, 0.05) is 21.1 Å². The topological polar surface area (TPSA) is 49.8 Å². The van der Waals surface area contributed by atoms with Gasteiger partial charge < -0.3 is 9.84 Å². The fourth-order valence-corrected chi connectivity index (χ4v) is 4.41. The molecule has 1 fully saturated rings. The summed E-state index contributed by atoms with van der Waals surface area (Å²) >= 11 is 7.10. The highest BCUT2D eigenvalue weighted by Crippen LogP contribution is 2.40. The molecule has 0 bridgehead atoms. The van der Waals surface area contributed by atoms with E-state index >= 15 is 0 Å². The van der Waals surface area contributed by atoms with E-state index < -0.39 is 12.0 Å². The van der Waals surface area contributed by atoms with Gasteiger partial charge in [0.2, 0.25) is 0 Å². The number of aliphatic carboxylic acids is 1. The number of rotatable bonds is 6. The molecule has 3 rings (SSSR count). The van der Waals surface area contributed by atoms with Crippen molar-refractivity contribution < 1.29 is 14.6 Å². The Labute approximate surface area is 170 Å². The van der Waals surface area contributed by atoms with Crippen LogP contribution >= 0.6 is 31.9 Å². The molecule has 0 spiro atoms. The highest BCUT2D eigenvalue weighted by molar-refractivity contribution is 9.10. The number of hydrogen-bond acceptors (Lipinski definition) is 3. The van der Waals surface area contributed by atoms with E-state index in [4.69, 9.17) is 4.74 Å². The van der Waals surface area contributed by atoms with Crippen LogP contribution in [0, 0.1) is 0 Å². The van der Waals surface area contributed by atoms with Gasteiger partial charge in [-0.3, -0.25) is 9.69 Å². The van der Waals surface area contributed by atoms with Crippen LogP contribution in [-0.2, 0) is 4.79 Å². The molecule has 6 heteroatoms. The second-order valence-electron chi connectivity index (χ2n) is 6.31. The summed E-state index contributed by atoms with van der Waals surface area (Å²) in [6, 6.07) is 13.3. The van der Waals surface area contributed by atoms with E-state index in [1.54, 1.807) is 0 Å². The second-order valence-corrected chi connectivity index (χ2v) is 8.14. The first-order valence-corrected chi connectivity index (χ1v) is 10.3. The molecule has 1 heterocycles. The zero-order valence-corrected chi connectivity index (χ0v) is 17.7. The SMILES string of the molecule is CCOc1ccc(Br)cc1C(c1cccc(Br)c1)N1CCCC1C(=O)O. The van der Waals surface area contributed by atoms with Gasteiger partial charge in [0.25, 0.3) is 0 Å². The maximum Gasteiger partial charge on any atom is 0.320 e. The van der Waals surface area contributed by atoms with Gasteiger partial charge in [-0.25, -0.2) is 0 Å². The lowest BCUT2D eigenvalue weighted by atomic mass is 9.95. The molecule has 1 aliphatic rings. The first-order valence-electron chi connectivity index (χ1n) is 8.67. The Morgan fingerprint density at radius 3 is 2.73 bits per heavy atom. The zero-order valence-electron chi connectivity index (χ0n) is 14.5. The Morgan fingerprint density at radius 1 is 1.27 bits per heavy atom. The van der Waals surface area contributed by atoms with Gasteiger partial charge in [0.05, 0.1) is 12.6 Å². The average Bonchev–Trinajstić information content (AvgIpc) is 3.07. The number of carboxylic acids is 1. The number of nitrogens with zero attached hydrogens (tertiary/aromatic N) is 1. The van der Waals surface area contributed by atoms with Crippen molar-refractivity contribution in [1.29, 1.82) is 0 Å². The second kappa shape index (κ2) is 8.55. The molecule has 4 nitrogen and oxygen atoms in total. The fourth-order valence-electron chi connectivity index (χ4n) is 3.61. The highest BCUT2D eigenvalue weighted by Gasteiger charge is 2.38. The van der Waals surface area contributed by atoms with Crippen LogP contribution in [0.5, 0.6) is 5.75 Å². The number of carbonyl (C=O) groups is 1. The van der Waals surface area contributed by atoms with Gasteiger partial charge >= 0.3 is 5.97 Å². The predicted molar refractivity (Wildman–Crippen MR) is 109 cm³/mol. The van der Waals surface area contributed by atoms with Crippen molar-refractivity contribution in [3.8, 4) is 5.75 Å². The van der Waals surface area contributed by atoms with Crippen LogP contribution in [-0.4, -0.2) is 35.2 Å². The van der Waals surface area contributed by atoms with Crippen LogP contribution < -0.4 is 4.74 Å². The highest BCUT2D eigenvalue weighted by atomic mass is 79.9. The van der Waals surface area contributed by atoms with E-state index in [0.717, 1.165) is 38.8 Å². The molecule has 0 radical (unpaired) electrons. The molecule has 2 atom stereocenters. The van der Waals surface area contributed by atoms with Crippen molar-refractivity contribution in [3.05, 3.63) is 62.5 Å². The van der Waals surface area contributed by atoms with E-state index in [9.17, 15) is 9.90 Å². The smallest absolute Gasteiger partial charge is 0.320 e. The summed E-state index contributed by atoms with van der Waals surface area (Å²) in [5.41, 5.74) is 2.03. The van der Waals surface area contributed by atoms with Gasteiger partial charge in [-0.05, 0) is 55.7 Å². The summed E-state index contributed by atoms with van der Waals surface area (Å²) < 4.78 is 7.79. The van der Waals surface area contributed by atoms with Gasteiger partial charge in [-0.2, -0.15) is 0 Å². The van der Waals surface area contributed by atoms with Crippen LogP contribution in [0.3, 0.4) is 0 Å². The Balaban J connectivity index is 2.15. The zero-order chi connectivity index (χ0) is 18.7. The van der Waals surface area contributed by atoms with Crippen molar-refractivity contribution >= 4 is 37.8 Å². The first kappa shape index (κ1) is 19.4. The van der Waals surface area contributed by atoms with E-state index in [-0.39, 0.29) is 6.04 Å². The molecule has 0 aliphatic carbocycles. The van der Waals surface area contributed by atoms with Gasteiger partial charge in [0.1, 0.15) is 11.8 Å². The molecular weight excluding hydrogens is 462 g/mol. The maximum atomic E-state index is 11.8. The van der Waals surface area contributed by atoms with Crippen molar-refractivity contribution in [2.75, 3.05) is 13.2 Å². The Morgan fingerprint density at radius 2 is 2.04 bits per heavy atom. The summed E-state index contributed by atoms with van der Waals surface area (Å²) in [4.78, 5) is 13.9. The lowest BCUT2D eigenvalue weighted by Crippen LogP contribution is -2.39. The summed E-state index contributed by atoms with van der Waals surface area (Å²) in [6.45, 7) is 3.25. The van der Waals surface area contributed by atoms with Crippen molar-refractivity contribution in [1.82, 2.24) is 4.90 Å². The molecule has 138 valence electrons.